The first-order chi connectivity index (χ1) is 7.31. The highest BCUT2D eigenvalue weighted by molar-refractivity contribution is 5.31. The molecule has 1 unspecified atom stereocenters. The van der Waals surface area contributed by atoms with Crippen molar-refractivity contribution < 1.29 is 14.6 Å². The van der Waals surface area contributed by atoms with Gasteiger partial charge >= 0.3 is 0 Å². The lowest BCUT2D eigenvalue weighted by Crippen LogP contribution is -2.02. The quantitative estimate of drug-likeness (QED) is 0.822. The predicted octanol–water partition coefficient (Wildman–Crippen LogP) is 2.03. The minimum atomic E-state index is -0.654. The summed E-state index contributed by atoms with van der Waals surface area (Å²) in [5.74, 6) is 1.44. The van der Waals surface area contributed by atoms with Gasteiger partial charge in [0.2, 0.25) is 0 Å². The van der Waals surface area contributed by atoms with E-state index in [0.717, 1.165) is 17.7 Å². The van der Waals surface area contributed by atoms with Gasteiger partial charge in [-0.25, -0.2) is 0 Å². The molecule has 0 fully saturated rings. The van der Waals surface area contributed by atoms with E-state index < -0.39 is 6.10 Å². The van der Waals surface area contributed by atoms with E-state index in [9.17, 15) is 5.11 Å². The van der Waals surface area contributed by atoms with Crippen LogP contribution in [0.2, 0.25) is 0 Å². The molecule has 3 nitrogen and oxygen atoms in total. The van der Waals surface area contributed by atoms with Crippen molar-refractivity contribution in [1.82, 2.24) is 0 Å². The van der Waals surface area contributed by atoms with Gasteiger partial charge < -0.3 is 14.6 Å². The molecule has 1 N–H and O–H groups in total. The molecule has 0 aromatic heterocycles. The Bertz CT molecular complexity index is 354. The predicted molar refractivity (Wildman–Crippen MR) is 56.6 cm³/mol. The van der Waals surface area contributed by atoms with Crippen molar-refractivity contribution in [2.75, 3.05) is 13.7 Å². The van der Waals surface area contributed by atoms with Crippen molar-refractivity contribution in [3.63, 3.8) is 0 Å². The van der Waals surface area contributed by atoms with Crippen LogP contribution in [-0.4, -0.2) is 18.8 Å². The highest BCUT2D eigenvalue weighted by atomic mass is 16.5. The maximum atomic E-state index is 9.95. The van der Waals surface area contributed by atoms with Gasteiger partial charge in [-0.3, -0.25) is 0 Å². The number of methoxy groups -OCH3 is 1. The largest absolute Gasteiger partial charge is 0.497 e. The zero-order chi connectivity index (χ0) is 10.7. The highest BCUT2D eigenvalue weighted by Crippen LogP contribution is 2.27. The van der Waals surface area contributed by atoms with Gasteiger partial charge in [0.1, 0.15) is 17.6 Å². The first-order valence-electron chi connectivity index (χ1n) is 4.96. The average Bonchev–Trinajstić information content (AvgIpc) is 2.82. The maximum absolute atomic E-state index is 9.95. The molecule has 1 aliphatic heterocycles. The molecular formula is C12H14O3. The number of hydrogen-bond acceptors (Lipinski definition) is 3. The number of aliphatic hydroxyl groups excluding tert-OH is 1. The summed E-state index contributed by atoms with van der Waals surface area (Å²) in [4.78, 5) is 0. The van der Waals surface area contributed by atoms with Crippen LogP contribution in [0, 0.1) is 0 Å². The van der Waals surface area contributed by atoms with Gasteiger partial charge in [0.05, 0.1) is 13.7 Å². The Morgan fingerprint density at radius 3 is 2.60 bits per heavy atom. The van der Waals surface area contributed by atoms with E-state index in [1.54, 1.807) is 7.11 Å². The van der Waals surface area contributed by atoms with E-state index in [1.807, 2.05) is 30.3 Å². The molecule has 0 amide bonds. The SMILES string of the molecule is COc1ccc(C(O)C2=CCCO2)cc1. The third-order valence-corrected chi connectivity index (χ3v) is 2.43. The molecule has 3 heteroatoms. The first-order valence-corrected chi connectivity index (χ1v) is 4.96. The van der Waals surface area contributed by atoms with Gasteiger partial charge in [0.15, 0.2) is 0 Å². The fourth-order valence-electron chi connectivity index (χ4n) is 1.58. The third kappa shape index (κ3) is 2.13. The third-order valence-electron chi connectivity index (χ3n) is 2.43. The number of hydrogen-bond donors (Lipinski definition) is 1. The van der Waals surface area contributed by atoms with Crippen molar-refractivity contribution in [2.24, 2.45) is 0 Å². The van der Waals surface area contributed by atoms with E-state index in [-0.39, 0.29) is 0 Å². The summed E-state index contributed by atoms with van der Waals surface area (Å²) in [7, 11) is 1.62. The molecule has 1 aromatic carbocycles. The Hall–Kier alpha value is -1.48. The number of aliphatic hydroxyl groups is 1. The molecule has 1 aliphatic rings. The van der Waals surface area contributed by atoms with Crippen molar-refractivity contribution >= 4 is 0 Å². The lowest BCUT2D eigenvalue weighted by atomic mass is 10.1. The molecule has 0 radical (unpaired) electrons. The molecule has 2 rings (SSSR count). The summed E-state index contributed by atoms with van der Waals surface area (Å²) < 4.78 is 10.4. The highest BCUT2D eigenvalue weighted by Gasteiger charge is 2.17. The molecule has 15 heavy (non-hydrogen) atoms. The summed E-state index contributed by atoms with van der Waals surface area (Å²) in [5.41, 5.74) is 0.823. The summed E-state index contributed by atoms with van der Waals surface area (Å²) in [6.07, 6.45) is 2.15. The summed E-state index contributed by atoms with van der Waals surface area (Å²) in [6.45, 7) is 0.669. The minimum absolute atomic E-state index is 0.653. The average molecular weight is 206 g/mol. The topological polar surface area (TPSA) is 38.7 Å². The Morgan fingerprint density at radius 1 is 1.33 bits per heavy atom. The van der Waals surface area contributed by atoms with Crippen LogP contribution in [0.5, 0.6) is 5.75 Å². The zero-order valence-electron chi connectivity index (χ0n) is 8.64. The Balaban J connectivity index is 2.14. The van der Waals surface area contributed by atoms with Gasteiger partial charge in [-0.05, 0) is 23.8 Å². The molecule has 0 spiro atoms. The van der Waals surface area contributed by atoms with Crippen LogP contribution in [0.1, 0.15) is 18.1 Å². The lowest BCUT2D eigenvalue weighted by Gasteiger charge is -2.12. The molecule has 1 atom stereocenters. The van der Waals surface area contributed by atoms with Crippen molar-refractivity contribution in [1.29, 1.82) is 0 Å². The number of rotatable bonds is 3. The van der Waals surface area contributed by atoms with Crippen LogP contribution in [-0.2, 0) is 4.74 Å². The van der Waals surface area contributed by atoms with Crippen LogP contribution < -0.4 is 4.74 Å². The summed E-state index contributed by atoms with van der Waals surface area (Å²) in [5, 5.41) is 9.95. The Morgan fingerprint density at radius 2 is 2.07 bits per heavy atom. The van der Waals surface area contributed by atoms with E-state index in [0.29, 0.717) is 12.4 Å². The fraction of sp³-hybridized carbons (Fsp3) is 0.333. The second-order valence-corrected chi connectivity index (χ2v) is 3.42. The van der Waals surface area contributed by atoms with E-state index in [2.05, 4.69) is 0 Å². The van der Waals surface area contributed by atoms with Gasteiger partial charge in [-0.15, -0.1) is 0 Å². The van der Waals surface area contributed by atoms with Gasteiger partial charge in [0.25, 0.3) is 0 Å². The molecule has 0 bridgehead atoms. The van der Waals surface area contributed by atoms with E-state index in [1.165, 1.54) is 0 Å². The maximum Gasteiger partial charge on any atom is 0.136 e. The fourth-order valence-corrected chi connectivity index (χ4v) is 1.58. The number of benzene rings is 1. The molecule has 0 saturated carbocycles. The second kappa shape index (κ2) is 4.36. The Kier molecular flexibility index (Phi) is 2.92. The minimum Gasteiger partial charge on any atom is -0.497 e. The Labute approximate surface area is 88.9 Å². The van der Waals surface area contributed by atoms with E-state index in [4.69, 9.17) is 9.47 Å². The summed E-state index contributed by atoms with van der Waals surface area (Å²) >= 11 is 0. The molecule has 0 aliphatic carbocycles. The van der Waals surface area contributed by atoms with Crippen LogP contribution in [0.25, 0.3) is 0 Å². The normalized spacial score (nSPS) is 16.8. The van der Waals surface area contributed by atoms with Gasteiger partial charge in [-0.1, -0.05) is 12.1 Å². The van der Waals surface area contributed by atoms with Crippen molar-refractivity contribution in [3.05, 3.63) is 41.7 Å². The second-order valence-electron chi connectivity index (χ2n) is 3.42. The monoisotopic (exact) mass is 206 g/mol. The van der Waals surface area contributed by atoms with Crippen LogP contribution in [0.15, 0.2) is 36.1 Å². The molecule has 1 aromatic rings. The van der Waals surface area contributed by atoms with Crippen LogP contribution in [0.3, 0.4) is 0 Å². The zero-order valence-corrected chi connectivity index (χ0v) is 8.64. The van der Waals surface area contributed by atoms with Gasteiger partial charge in [0, 0.05) is 6.42 Å². The molecular weight excluding hydrogens is 192 g/mol. The van der Waals surface area contributed by atoms with Crippen LogP contribution >= 0.6 is 0 Å². The summed E-state index contributed by atoms with van der Waals surface area (Å²) in [6, 6.07) is 7.33. The number of ether oxygens (including phenoxy) is 2. The standard InChI is InChI=1S/C12H14O3/c1-14-10-6-4-9(5-7-10)12(13)11-3-2-8-15-11/h3-7,12-13H,2,8H2,1H3. The van der Waals surface area contributed by atoms with Gasteiger partial charge in [-0.2, -0.15) is 0 Å². The van der Waals surface area contributed by atoms with E-state index >= 15 is 0 Å². The van der Waals surface area contributed by atoms with Crippen LogP contribution in [0.4, 0.5) is 0 Å². The lowest BCUT2D eigenvalue weighted by molar-refractivity contribution is 0.119. The molecule has 0 saturated heterocycles. The molecule has 80 valence electrons. The van der Waals surface area contributed by atoms with Crippen molar-refractivity contribution in [3.8, 4) is 5.75 Å². The molecule has 1 heterocycles. The van der Waals surface area contributed by atoms with Crippen molar-refractivity contribution in [2.45, 2.75) is 12.5 Å². The smallest absolute Gasteiger partial charge is 0.136 e. The first kappa shape index (κ1) is 10.1.